The van der Waals surface area contributed by atoms with Crippen LogP contribution in [-0.2, 0) is 12.8 Å². The molecule has 1 aromatic rings. The summed E-state index contributed by atoms with van der Waals surface area (Å²) in [5.41, 5.74) is 3.06. The molecule has 19 heavy (non-hydrogen) atoms. The molecule has 1 aromatic heterocycles. The third kappa shape index (κ3) is 3.68. The number of nitrogens with zero attached hydrogens (tertiary/aromatic N) is 3. The predicted octanol–water partition coefficient (Wildman–Crippen LogP) is 3.47. The zero-order valence-electron chi connectivity index (χ0n) is 13.0. The van der Waals surface area contributed by atoms with E-state index < -0.39 is 0 Å². The highest BCUT2D eigenvalue weighted by Crippen LogP contribution is 2.33. The first-order valence-electron chi connectivity index (χ1n) is 7.45. The SMILES string of the molecule is CCN(C)c1ncc2c(n1)CCC(CC(C)(C)C)C2. The Morgan fingerprint density at radius 2 is 2.11 bits per heavy atom. The van der Waals surface area contributed by atoms with Crippen LogP contribution < -0.4 is 4.90 Å². The number of hydrogen-bond donors (Lipinski definition) is 0. The van der Waals surface area contributed by atoms with E-state index in [0.29, 0.717) is 5.41 Å². The molecule has 1 aliphatic rings. The molecule has 106 valence electrons. The van der Waals surface area contributed by atoms with Gasteiger partial charge in [-0.1, -0.05) is 20.8 Å². The fourth-order valence-electron chi connectivity index (χ4n) is 2.94. The monoisotopic (exact) mass is 261 g/mol. The normalized spacial score (nSPS) is 19.1. The summed E-state index contributed by atoms with van der Waals surface area (Å²) in [7, 11) is 2.05. The number of aryl methyl sites for hydroxylation is 1. The third-order valence-corrected chi connectivity index (χ3v) is 3.96. The molecule has 1 aliphatic carbocycles. The Hall–Kier alpha value is -1.12. The lowest BCUT2D eigenvalue weighted by Crippen LogP contribution is -2.24. The molecule has 1 heterocycles. The van der Waals surface area contributed by atoms with Crippen molar-refractivity contribution in [1.82, 2.24) is 9.97 Å². The summed E-state index contributed by atoms with van der Waals surface area (Å²) in [5.74, 6) is 1.67. The molecule has 2 rings (SSSR count). The molecule has 0 fully saturated rings. The highest BCUT2D eigenvalue weighted by atomic mass is 15.2. The van der Waals surface area contributed by atoms with E-state index in [1.807, 2.05) is 7.05 Å². The van der Waals surface area contributed by atoms with Crippen LogP contribution in [0.4, 0.5) is 5.95 Å². The molecule has 0 saturated carbocycles. The summed E-state index contributed by atoms with van der Waals surface area (Å²) < 4.78 is 0. The van der Waals surface area contributed by atoms with Gasteiger partial charge in [0.1, 0.15) is 0 Å². The molecular weight excluding hydrogens is 234 g/mol. The smallest absolute Gasteiger partial charge is 0.225 e. The molecule has 0 aliphatic heterocycles. The van der Waals surface area contributed by atoms with Gasteiger partial charge < -0.3 is 4.90 Å². The van der Waals surface area contributed by atoms with Gasteiger partial charge in [0.2, 0.25) is 5.95 Å². The second-order valence-corrected chi connectivity index (χ2v) is 7.03. The van der Waals surface area contributed by atoms with Gasteiger partial charge in [-0.2, -0.15) is 0 Å². The lowest BCUT2D eigenvalue weighted by Gasteiger charge is -2.30. The largest absolute Gasteiger partial charge is 0.344 e. The summed E-state index contributed by atoms with van der Waals surface area (Å²) in [5, 5.41) is 0. The molecule has 0 radical (unpaired) electrons. The zero-order valence-corrected chi connectivity index (χ0v) is 13.0. The van der Waals surface area contributed by atoms with E-state index in [2.05, 4.69) is 43.8 Å². The van der Waals surface area contributed by atoms with E-state index in [1.165, 1.54) is 24.1 Å². The van der Waals surface area contributed by atoms with Gasteiger partial charge in [-0.05, 0) is 49.5 Å². The van der Waals surface area contributed by atoms with Crippen molar-refractivity contribution < 1.29 is 0 Å². The number of fused-ring (bicyclic) bond motifs is 1. The van der Waals surface area contributed by atoms with Crippen molar-refractivity contribution in [2.45, 2.75) is 53.4 Å². The first kappa shape index (κ1) is 14.3. The summed E-state index contributed by atoms with van der Waals surface area (Å²) in [4.78, 5) is 11.3. The Labute approximate surface area is 117 Å². The van der Waals surface area contributed by atoms with E-state index in [4.69, 9.17) is 4.98 Å². The minimum Gasteiger partial charge on any atom is -0.344 e. The number of hydrogen-bond acceptors (Lipinski definition) is 3. The molecule has 1 atom stereocenters. The van der Waals surface area contributed by atoms with Gasteiger partial charge >= 0.3 is 0 Å². The minimum absolute atomic E-state index is 0.422. The Kier molecular flexibility index (Phi) is 4.12. The highest BCUT2D eigenvalue weighted by molar-refractivity contribution is 5.33. The van der Waals surface area contributed by atoms with Crippen molar-refractivity contribution in [2.75, 3.05) is 18.5 Å². The number of aromatic nitrogens is 2. The zero-order chi connectivity index (χ0) is 14.0. The van der Waals surface area contributed by atoms with Crippen LogP contribution in [0.1, 0.15) is 51.8 Å². The van der Waals surface area contributed by atoms with Crippen LogP contribution in [0.5, 0.6) is 0 Å². The van der Waals surface area contributed by atoms with Gasteiger partial charge in [-0.3, -0.25) is 0 Å². The fourth-order valence-corrected chi connectivity index (χ4v) is 2.94. The summed E-state index contributed by atoms with van der Waals surface area (Å²) in [6.07, 6.45) is 6.89. The van der Waals surface area contributed by atoms with Crippen LogP contribution in [-0.4, -0.2) is 23.6 Å². The van der Waals surface area contributed by atoms with Crippen molar-refractivity contribution in [3.05, 3.63) is 17.5 Å². The molecule has 0 aromatic carbocycles. The van der Waals surface area contributed by atoms with Crippen molar-refractivity contribution in [3.8, 4) is 0 Å². The Morgan fingerprint density at radius 3 is 2.74 bits per heavy atom. The first-order valence-corrected chi connectivity index (χ1v) is 7.45. The second kappa shape index (κ2) is 5.48. The van der Waals surface area contributed by atoms with E-state index in [0.717, 1.165) is 31.3 Å². The summed E-state index contributed by atoms with van der Waals surface area (Å²) in [6.45, 7) is 10.1. The average Bonchev–Trinajstić information content (AvgIpc) is 2.35. The topological polar surface area (TPSA) is 29.0 Å². The van der Waals surface area contributed by atoms with E-state index >= 15 is 0 Å². The predicted molar refractivity (Wildman–Crippen MR) is 80.6 cm³/mol. The van der Waals surface area contributed by atoms with E-state index in [9.17, 15) is 0 Å². The lowest BCUT2D eigenvalue weighted by molar-refractivity contribution is 0.272. The standard InChI is InChI=1S/C16H27N3/c1-6-19(5)15-17-11-13-9-12(10-16(2,3)4)7-8-14(13)18-15/h11-12H,6-10H2,1-5H3. The molecule has 0 saturated heterocycles. The van der Waals surface area contributed by atoms with Crippen molar-refractivity contribution in [2.24, 2.45) is 11.3 Å². The van der Waals surface area contributed by atoms with Gasteiger partial charge in [0.05, 0.1) is 0 Å². The molecule has 0 spiro atoms. The van der Waals surface area contributed by atoms with Crippen molar-refractivity contribution in [1.29, 1.82) is 0 Å². The van der Waals surface area contributed by atoms with Crippen LogP contribution in [0.3, 0.4) is 0 Å². The molecule has 0 amide bonds. The van der Waals surface area contributed by atoms with Crippen molar-refractivity contribution in [3.63, 3.8) is 0 Å². The van der Waals surface area contributed by atoms with Crippen molar-refractivity contribution >= 4 is 5.95 Å². The van der Waals surface area contributed by atoms with Gasteiger partial charge in [0.25, 0.3) is 0 Å². The molecule has 3 heteroatoms. The van der Waals surface area contributed by atoms with E-state index in [-0.39, 0.29) is 0 Å². The third-order valence-electron chi connectivity index (χ3n) is 3.96. The van der Waals surface area contributed by atoms with Gasteiger partial charge in [0.15, 0.2) is 0 Å². The lowest BCUT2D eigenvalue weighted by atomic mass is 9.77. The van der Waals surface area contributed by atoms with Crippen LogP contribution in [0, 0.1) is 11.3 Å². The fraction of sp³-hybridized carbons (Fsp3) is 0.750. The molecule has 0 N–H and O–H groups in total. The maximum absolute atomic E-state index is 4.73. The Balaban J connectivity index is 2.10. The summed E-state index contributed by atoms with van der Waals surface area (Å²) >= 11 is 0. The van der Waals surface area contributed by atoms with Gasteiger partial charge in [-0.25, -0.2) is 9.97 Å². The Morgan fingerprint density at radius 1 is 1.37 bits per heavy atom. The van der Waals surface area contributed by atoms with Crippen LogP contribution >= 0.6 is 0 Å². The molecule has 0 bridgehead atoms. The molecule has 1 unspecified atom stereocenters. The minimum atomic E-state index is 0.422. The summed E-state index contributed by atoms with van der Waals surface area (Å²) in [6, 6.07) is 0. The first-order chi connectivity index (χ1) is 8.89. The van der Waals surface area contributed by atoms with Crippen LogP contribution in [0.15, 0.2) is 6.20 Å². The quantitative estimate of drug-likeness (QED) is 0.834. The Bertz CT molecular complexity index is 434. The van der Waals surface area contributed by atoms with E-state index in [1.54, 1.807) is 0 Å². The van der Waals surface area contributed by atoms with Crippen LogP contribution in [0.25, 0.3) is 0 Å². The number of anilines is 1. The average molecular weight is 261 g/mol. The molecule has 3 nitrogen and oxygen atoms in total. The van der Waals surface area contributed by atoms with Gasteiger partial charge in [-0.15, -0.1) is 0 Å². The maximum Gasteiger partial charge on any atom is 0.225 e. The highest BCUT2D eigenvalue weighted by Gasteiger charge is 2.25. The second-order valence-electron chi connectivity index (χ2n) is 7.03. The van der Waals surface area contributed by atoms with Gasteiger partial charge in [0, 0.05) is 25.5 Å². The molecular formula is C16H27N3. The number of rotatable bonds is 3. The maximum atomic E-state index is 4.73. The van der Waals surface area contributed by atoms with Crippen LogP contribution in [0.2, 0.25) is 0 Å².